The lowest BCUT2D eigenvalue weighted by atomic mass is 9.91. The number of hydrogen-bond donors (Lipinski definition) is 3. The maximum atomic E-state index is 13.3. The minimum absolute atomic E-state index is 0.0877. The van der Waals surface area contributed by atoms with Crippen molar-refractivity contribution in [2.24, 2.45) is 10.8 Å². The highest BCUT2D eigenvalue weighted by molar-refractivity contribution is 6.00. The molecule has 0 spiro atoms. The van der Waals surface area contributed by atoms with Crippen LogP contribution in [0, 0.1) is 10.8 Å². The number of amides is 3. The topological polar surface area (TPSA) is 132 Å². The Labute approximate surface area is 242 Å². The highest BCUT2D eigenvalue weighted by Crippen LogP contribution is 2.31. The molecule has 0 bridgehead atoms. The van der Waals surface area contributed by atoms with Crippen molar-refractivity contribution < 1.29 is 24.3 Å². The van der Waals surface area contributed by atoms with Gasteiger partial charge in [-0.3, -0.25) is 24.2 Å². The Bertz CT molecular complexity index is 1240. The van der Waals surface area contributed by atoms with E-state index in [1.807, 2.05) is 46.4 Å². The van der Waals surface area contributed by atoms with Gasteiger partial charge >= 0.3 is 5.97 Å². The van der Waals surface area contributed by atoms with Gasteiger partial charge in [-0.15, -0.1) is 0 Å². The molecular formula is C31H43N5O5. The quantitative estimate of drug-likeness (QED) is 0.408. The third-order valence-corrected chi connectivity index (χ3v) is 6.65. The summed E-state index contributed by atoms with van der Waals surface area (Å²) in [7, 11) is 0. The molecule has 41 heavy (non-hydrogen) atoms. The van der Waals surface area contributed by atoms with E-state index in [9.17, 15) is 24.3 Å². The number of rotatable bonds is 9. The van der Waals surface area contributed by atoms with Crippen LogP contribution in [0.3, 0.4) is 0 Å². The molecule has 1 saturated heterocycles. The summed E-state index contributed by atoms with van der Waals surface area (Å²) in [6.45, 7) is 14.4. The normalized spacial score (nSPS) is 14.8. The van der Waals surface area contributed by atoms with Crippen molar-refractivity contribution in [3.8, 4) is 0 Å². The summed E-state index contributed by atoms with van der Waals surface area (Å²) in [4.78, 5) is 58.5. The zero-order valence-electron chi connectivity index (χ0n) is 25.0. The maximum Gasteiger partial charge on any atom is 0.305 e. The van der Waals surface area contributed by atoms with E-state index < -0.39 is 17.9 Å². The van der Waals surface area contributed by atoms with Crippen LogP contribution in [0.5, 0.6) is 0 Å². The van der Waals surface area contributed by atoms with Gasteiger partial charge in [-0.1, -0.05) is 47.6 Å². The lowest BCUT2D eigenvalue weighted by molar-refractivity contribution is -0.137. The number of aromatic nitrogens is 1. The number of benzene rings is 1. The van der Waals surface area contributed by atoms with Gasteiger partial charge in [0.25, 0.3) is 5.91 Å². The molecule has 3 amide bonds. The summed E-state index contributed by atoms with van der Waals surface area (Å²) in [6, 6.07) is 7.72. The van der Waals surface area contributed by atoms with Crippen LogP contribution in [-0.2, 0) is 14.4 Å². The third kappa shape index (κ3) is 9.88. The number of carboxylic acids is 1. The Kier molecular flexibility index (Phi) is 10.1. The van der Waals surface area contributed by atoms with E-state index in [1.54, 1.807) is 36.5 Å². The number of nitrogens with one attached hydrogen (secondary N) is 2. The molecule has 1 unspecified atom stereocenters. The largest absolute Gasteiger partial charge is 0.481 e. The number of pyridine rings is 1. The van der Waals surface area contributed by atoms with Crippen molar-refractivity contribution in [1.29, 1.82) is 0 Å². The SMILES string of the molecule is CC(C)(C)CC(=O)Nc1cc(C(=O)NC(CC(=O)O)c2cccnc2)ccc1N1CCN(C(=O)CC(C)(C)C)CC1. The summed E-state index contributed by atoms with van der Waals surface area (Å²) in [5, 5.41) is 15.2. The fourth-order valence-corrected chi connectivity index (χ4v) is 4.74. The Morgan fingerprint density at radius 1 is 0.951 bits per heavy atom. The summed E-state index contributed by atoms with van der Waals surface area (Å²) in [5.41, 5.74) is 1.82. The summed E-state index contributed by atoms with van der Waals surface area (Å²) in [5.74, 6) is -1.55. The van der Waals surface area contributed by atoms with E-state index >= 15 is 0 Å². The molecule has 0 aliphatic carbocycles. The molecule has 2 heterocycles. The molecule has 1 aliphatic heterocycles. The van der Waals surface area contributed by atoms with Gasteiger partial charge in [0.2, 0.25) is 11.8 Å². The molecule has 3 rings (SSSR count). The molecule has 222 valence electrons. The first-order chi connectivity index (χ1) is 19.1. The minimum atomic E-state index is -1.05. The predicted molar refractivity (Wildman–Crippen MR) is 159 cm³/mol. The molecule has 1 atom stereocenters. The molecule has 0 radical (unpaired) electrons. The molecule has 10 nitrogen and oxygen atoms in total. The zero-order valence-corrected chi connectivity index (χ0v) is 25.0. The molecular weight excluding hydrogens is 522 g/mol. The van der Waals surface area contributed by atoms with E-state index in [1.165, 1.54) is 6.20 Å². The number of carbonyl (C=O) groups is 4. The molecule has 1 aromatic heterocycles. The molecule has 1 aliphatic rings. The average Bonchev–Trinajstić information content (AvgIpc) is 2.86. The Hall–Kier alpha value is -3.95. The van der Waals surface area contributed by atoms with Crippen LogP contribution in [0.25, 0.3) is 0 Å². The highest BCUT2D eigenvalue weighted by atomic mass is 16.4. The summed E-state index contributed by atoms with van der Waals surface area (Å²) >= 11 is 0. The summed E-state index contributed by atoms with van der Waals surface area (Å²) in [6.07, 6.45) is 3.57. The van der Waals surface area contributed by atoms with E-state index in [4.69, 9.17) is 0 Å². The third-order valence-electron chi connectivity index (χ3n) is 6.65. The molecule has 1 fully saturated rings. The maximum absolute atomic E-state index is 13.3. The number of anilines is 2. The second kappa shape index (κ2) is 13.1. The lowest BCUT2D eigenvalue weighted by Gasteiger charge is -2.38. The van der Waals surface area contributed by atoms with Gasteiger partial charge in [-0.05, 0) is 40.7 Å². The molecule has 0 saturated carbocycles. The fourth-order valence-electron chi connectivity index (χ4n) is 4.74. The Morgan fingerprint density at radius 3 is 2.17 bits per heavy atom. The van der Waals surface area contributed by atoms with Crippen molar-refractivity contribution in [3.05, 3.63) is 53.9 Å². The van der Waals surface area contributed by atoms with Gasteiger partial charge in [-0.2, -0.15) is 0 Å². The van der Waals surface area contributed by atoms with Crippen molar-refractivity contribution in [3.63, 3.8) is 0 Å². The van der Waals surface area contributed by atoms with E-state index in [0.29, 0.717) is 50.3 Å². The monoisotopic (exact) mass is 565 g/mol. The van der Waals surface area contributed by atoms with Crippen LogP contribution >= 0.6 is 0 Å². The number of carboxylic acid groups (broad SMARTS) is 1. The first kappa shape index (κ1) is 31.6. The zero-order chi connectivity index (χ0) is 30.4. The molecule has 10 heteroatoms. The van der Waals surface area contributed by atoms with E-state index in [-0.39, 0.29) is 34.6 Å². The van der Waals surface area contributed by atoms with Gasteiger partial charge in [-0.25, -0.2) is 0 Å². The van der Waals surface area contributed by atoms with Crippen molar-refractivity contribution in [2.75, 3.05) is 36.4 Å². The van der Waals surface area contributed by atoms with E-state index in [2.05, 4.69) is 20.5 Å². The van der Waals surface area contributed by atoms with Crippen LogP contribution in [0.4, 0.5) is 11.4 Å². The number of carbonyl (C=O) groups excluding carboxylic acids is 3. The second-order valence-corrected chi connectivity index (χ2v) is 13.0. The Morgan fingerprint density at radius 2 is 1.61 bits per heavy atom. The number of hydrogen-bond acceptors (Lipinski definition) is 6. The standard InChI is InChI=1S/C31H43N5O5/c1-30(2,3)18-26(37)33-24-16-21(29(41)34-23(17-28(39)40)22-8-7-11-32-20-22)9-10-25(24)35-12-14-36(15-13-35)27(38)19-31(4,5)6/h7-11,16,20,23H,12-15,17-19H2,1-6H3,(H,33,37)(H,34,41)(H,39,40). The van der Waals surface area contributed by atoms with Crippen LogP contribution in [0.15, 0.2) is 42.7 Å². The highest BCUT2D eigenvalue weighted by Gasteiger charge is 2.27. The predicted octanol–water partition coefficient (Wildman–Crippen LogP) is 4.49. The van der Waals surface area contributed by atoms with Gasteiger partial charge < -0.3 is 25.5 Å². The van der Waals surface area contributed by atoms with Gasteiger partial charge in [0.15, 0.2) is 0 Å². The van der Waals surface area contributed by atoms with Gasteiger partial charge in [0, 0.05) is 57.0 Å². The summed E-state index contributed by atoms with van der Waals surface area (Å²) < 4.78 is 0. The second-order valence-electron chi connectivity index (χ2n) is 13.0. The van der Waals surface area contributed by atoms with E-state index in [0.717, 1.165) is 5.69 Å². The van der Waals surface area contributed by atoms with Crippen LogP contribution in [-0.4, -0.2) is 64.9 Å². The molecule has 3 N–H and O–H groups in total. The Balaban J connectivity index is 1.84. The number of nitrogens with zero attached hydrogens (tertiary/aromatic N) is 3. The van der Waals surface area contributed by atoms with Crippen molar-refractivity contribution in [2.45, 2.75) is 66.8 Å². The van der Waals surface area contributed by atoms with Gasteiger partial charge in [0.05, 0.1) is 23.8 Å². The first-order valence-electron chi connectivity index (χ1n) is 14.0. The van der Waals surface area contributed by atoms with Gasteiger partial charge in [0.1, 0.15) is 0 Å². The number of aliphatic carboxylic acids is 1. The average molecular weight is 566 g/mol. The van der Waals surface area contributed by atoms with Crippen LogP contribution < -0.4 is 15.5 Å². The van der Waals surface area contributed by atoms with Crippen molar-refractivity contribution in [1.82, 2.24) is 15.2 Å². The first-order valence-corrected chi connectivity index (χ1v) is 14.0. The molecule has 2 aromatic rings. The minimum Gasteiger partial charge on any atom is -0.481 e. The fraction of sp³-hybridized carbons (Fsp3) is 0.516. The lowest BCUT2D eigenvalue weighted by Crippen LogP contribution is -2.49. The molecule has 1 aromatic carbocycles. The van der Waals surface area contributed by atoms with Crippen LogP contribution in [0.1, 0.15) is 82.8 Å². The van der Waals surface area contributed by atoms with Crippen molar-refractivity contribution >= 4 is 35.1 Å². The van der Waals surface area contributed by atoms with Crippen LogP contribution in [0.2, 0.25) is 0 Å². The smallest absolute Gasteiger partial charge is 0.305 e. The number of piperazine rings is 1.